The lowest BCUT2D eigenvalue weighted by Crippen LogP contribution is -2.70. The molecule has 2 N–H and O–H groups in total. The summed E-state index contributed by atoms with van der Waals surface area (Å²) in [6, 6.07) is -1.02. The van der Waals surface area contributed by atoms with Crippen molar-refractivity contribution in [3.63, 3.8) is 0 Å². The molecule has 0 bridgehead atoms. The molecule has 1 rings (SSSR count). The fourth-order valence-corrected chi connectivity index (χ4v) is 1.50. The van der Waals surface area contributed by atoms with Crippen molar-refractivity contribution in [2.75, 3.05) is 0 Å². The van der Waals surface area contributed by atoms with E-state index in [0.717, 1.165) is 6.08 Å². The third kappa shape index (κ3) is 2.65. The number of hydrogen-bond acceptors (Lipinski definition) is 5. The van der Waals surface area contributed by atoms with Gasteiger partial charge in [-0.1, -0.05) is 6.08 Å². The van der Waals surface area contributed by atoms with Crippen LogP contribution >= 0.6 is 0 Å². The number of β-lactam (4-membered cyclic amide) rings is 1. The third-order valence-corrected chi connectivity index (χ3v) is 2.29. The lowest BCUT2D eigenvalue weighted by molar-refractivity contribution is -0.170. The maximum Gasteiger partial charge on any atom is 0.417 e. The van der Waals surface area contributed by atoms with Gasteiger partial charge in [0.25, 0.3) is 5.91 Å². The summed E-state index contributed by atoms with van der Waals surface area (Å²) in [5.41, 5.74) is -0.748. The van der Waals surface area contributed by atoms with Gasteiger partial charge in [0, 0.05) is 0 Å². The predicted octanol–water partition coefficient (Wildman–Crippen LogP) is 0.0401. The van der Waals surface area contributed by atoms with E-state index < -0.39 is 35.9 Å². The number of carbonyl (C=O) groups is 2. The van der Waals surface area contributed by atoms with Crippen LogP contribution in [0.4, 0.5) is 4.79 Å². The van der Waals surface area contributed by atoms with E-state index in [1.165, 1.54) is 0 Å². The molecular formula is C11H17NO5. The van der Waals surface area contributed by atoms with E-state index in [4.69, 9.17) is 4.74 Å². The molecule has 0 unspecified atom stereocenters. The Morgan fingerprint density at radius 3 is 2.53 bits per heavy atom. The summed E-state index contributed by atoms with van der Waals surface area (Å²) in [7, 11) is 0. The SMILES string of the molecule is C=C[C@@H](O)[C@H]1[C@@H](O)C(=O)N1C(=O)OC(C)(C)C. The highest BCUT2D eigenvalue weighted by molar-refractivity contribution is 6.01. The highest BCUT2D eigenvalue weighted by Crippen LogP contribution is 2.26. The second kappa shape index (κ2) is 4.46. The zero-order chi connectivity index (χ0) is 13.4. The molecular weight excluding hydrogens is 226 g/mol. The topological polar surface area (TPSA) is 87.1 Å². The Hall–Kier alpha value is -1.40. The van der Waals surface area contributed by atoms with Crippen LogP contribution in [0.5, 0.6) is 0 Å². The number of imide groups is 1. The average molecular weight is 243 g/mol. The Morgan fingerprint density at radius 1 is 1.59 bits per heavy atom. The van der Waals surface area contributed by atoms with Crippen LogP contribution in [0.25, 0.3) is 0 Å². The Morgan fingerprint density at radius 2 is 2.12 bits per heavy atom. The number of carbonyl (C=O) groups excluding carboxylic acids is 2. The minimum Gasteiger partial charge on any atom is -0.443 e. The van der Waals surface area contributed by atoms with Crippen molar-refractivity contribution < 1.29 is 24.5 Å². The summed E-state index contributed by atoms with van der Waals surface area (Å²) in [6.07, 6.45) is -2.29. The summed E-state index contributed by atoms with van der Waals surface area (Å²) >= 11 is 0. The van der Waals surface area contributed by atoms with Gasteiger partial charge in [-0.2, -0.15) is 0 Å². The quantitative estimate of drug-likeness (QED) is 0.528. The Bertz CT molecular complexity index is 342. The van der Waals surface area contributed by atoms with Crippen LogP contribution in [0.15, 0.2) is 12.7 Å². The second-order valence-electron chi connectivity index (χ2n) is 4.85. The zero-order valence-electron chi connectivity index (χ0n) is 10.1. The number of aliphatic hydroxyl groups is 2. The van der Waals surface area contributed by atoms with E-state index >= 15 is 0 Å². The van der Waals surface area contributed by atoms with Crippen molar-refractivity contribution in [3.05, 3.63) is 12.7 Å². The maximum atomic E-state index is 11.7. The largest absolute Gasteiger partial charge is 0.443 e. The van der Waals surface area contributed by atoms with Crippen LogP contribution in [-0.2, 0) is 9.53 Å². The van der Waals surface area contributed by atoms with Gasteiger partial charge < -0.3 is 14.9 Å². The number of aliphatic hydroxyl groups excluding tert-OH is 2. The van der Waals surface area contributed by atoms with E-state index in [2.05, 4.69) is 6.58 Å². The number of amides is 2. The van der Waals surface area contributed by atoms with Crippen LogP contribution in [0.3, 0.4) is 0 Å². The normalized spacial score (nSPS) is 26.2. The first kappa shape index (κ1) is 13.7. The van der Waals surface area contributed by atoms with Crippen molar-refractivity contribution in [1.29, 1.82) is 0 Å². The molecule has 0 radical (unpaired) electrons. The Labute approximate surface area is 99.5 Å². The summed E-state index contributed by atoms with van der Waals surface area (Å²) in [5.74, 6) is -0.773. The number of likely N-dealkylation sites (tertiary alicyclic amines) is 1. The monoisotopic (exact) mass is 243 g/mol. The number of nitrogens with zero attached hydrogens (tertiary/aromatic N) is 1. The standard InChI is InChI=1S/C11H17NO5/c1-5-6(13)7-8(14)9(15)12(7)10(16)17-11(2,3)4/h5-8,13-14H,1H2,2-4H3/t6-,7+,8-/m1/s1. The lowest BCUT2D eigenvalue weighted by atomic mass is 9.93. The zero-order valence-corrected chi connectivity index (χ0v) is 10.1. The summed E-state index contributed by atoms with van der Waals surface area (Å²) < 4.78 is 4.99. The van der Waals surface area contributed by atoms with Crippen LogP contribution in [0.2, 0.25) is 0 Å². The van der Waals surface area contributed by atoms with E-state index in [1.54, 1.807) is 20.8 Å². The molecule has 0 saturated carbocycles. The highest BCUT2D eigenvalue weighted by atomic mass is 16.6. The molecule has 0 aliphatic carbocycles. The van der Waals surface area contributed by atoms with Crippen molar-refractivity contribution in [3.8, 4) is 0 Å². The molecule has 1 heterocycles. The molecule has 6 heteroatoms. The summed E-state index contributed by atoms with van der Waals surface area (Å²) in [5, 5.41) is 18.9. The third-order valence-electron chi connectivity index (χ3n) is 2.29. The molecule has 0 aromatic rings. The minimum absolute atomic E-state index is 0.711. The first-order chi connectivity index (χ1) is 7.69. The smallest absolute Gasteiger partial charge is 0.417 e. The van der Waals surface area contributed by atoms with Crippen molar-refractivity contribution in [2.24, 2.45) is 0 Å². The van der Waals surface area contributed by atoms with Gasteiger partial charge in [-0.05, 0) is 20.8 Å². The molecule has 96 valence electrons. The summed E-state index contributed by atoms with van der Waals surface area (Å²) in [4.78, 5) is 23.7. The lowest BCUT2D eigenvalue weighted by Gasteiger charge is -2.44. The molecule has 6 nitrogen and oxygen atoms in total. The molecule has 0 aromatic carbocycles. The first-order valence-corrected chi connectivity index (χ1v) is 5.24. The fourth-order valence-electron chi connectivity index (χ4n) is 1.50. The highest BCUT2D eigenvalue weighted by Gasteiger charge is 2.54. The molecule has 1 saturated heterocycles. The number of ether oxygens (including phenoxy) is 1. The minimum atomic E-state index is -1.39. The molecule has 1 aliphatic heterocycles. The van der Waals surface area contributed by atoms with Gasteiger partial charge in [0.15, 0.2) is 6.10 Å². The Kier molecular flexibility index (Phi) is 3.59. The van der Waals surface area contributed by atoms with Crippen LogP contribution < -0.4 is 0 Å². The van der Waals surface area contributed by atoms with Crippen LogP contribution in [0, 0.1) is 0 Å². The van der Waals surface area contributed by atoms with Gasteiger partial charge in [-0.15, -0.1) is 6.58 Å². The average Bonchev–Trinajstić information content (AvgIpc) is 2.20. The van der Waals surface area contributed by atoms with Gasteiger partial charge in [-0.25, -0.2) is 9.69 Å². The fraction of sp³-hybridized carbons (Fsp3) is 0.636. The van der Waals surface area contributed by atoms with E-state index in [-0.39, 0.29) is 0 Å². The molecule has 0 spiro atoms. The van der Waals surface area contributed by atoms with Crippen molar-refractivity contribution in [2.45, 2.75) is 44.6 Å². The van der Waals surface area contributed by atoms with Gasteiger partial charge >= 0.3 is 6.09 Å². The molecule has 2 amide bonds. The molecule has 3 atom stereocenters. The second-order valence-corrected chi connectivity index (χ2v) is 4.85. The van der Waals surface area contributed by atoms with Crippen LogP contribution in [-0.4, -0.2) is 51.0 Å². The van der Waals surface area contributed by atoms with Crippen LogP contribution in [0.1, 0.15) is 20.8 Å². The summed E-state index contributed by atoms with van der Waals surface area (Å²) in [6.45, 7) is 8.31. The maximum absolute atomic E-state index is 11.7. The van der Waals surface area contributed by atoms with Gasteiger partial charge in [-0.3, -0.25) is 4.79 Å². The van der Waals surface area contributed by atoms with Crippen molar-refractivity contribution >= 4 is 12.0 Å². The molecule has 1 aliphatic rings. The van der Waals surface area contributed by atoms with E-state index in [1.807, 2.05) is 0 Å². The molecule has 17 heavy (non-hydrogen) atoms. The Balaban J connectivity index is 2.78. The van der Waals surface area contributed by atoms with E-state index in [0.29, 0.717) is 4.90 Å². The first-order valence-electron chi connectivity index (χ1n) is 5.24. The van der Waals surface area contributed by atoms with Gasteiger partial charge in [0.1, 0.15) is 11.6 Å². The molecule has 0 aromatic heterocycles. The predicted molar refractivity (Wildman–Crippen MR) is 59.1 cm³/mol. The van der Waals surface area contributed by atoms with Crippen molar-refractivity contribution in [1.82, 2.24) is 4.90 Å². The number of hydrogen-bond donors (Lipinski definition) is 2. The molecule has 1 fully saturated rings. The van der Waals surface area contributed by atoms with E-state index in [9.17, 15) is 19.8 Å². The van der Waals surface area contributed by atoms with Gasteiger partial charge in [0.05, 0.1) is 6.10 Å². The number of rotatable bonds is 2. The van der Waals surface area contributed by atoms with Gasteiger partial charge in [0.2, 0.25) is 0 Å².